The average Bonchev–Trinajstić information content (AvgIpc) is 2.36. The molecule has 0 heterocycles. The van der Waals surface area contributed by atoms with Gasteiger partial charge in [-0.1, -0.05) is 12.1 Å². The van der Waals surface area contributed by atoms with Gasteiger partial charge in [0, 0.05) is 0 Å². The van der Waals surface area contributed by atoms with Crippen LogP contribution in [-0.2, 0) is 4.79 Å². The summed E-state index contributed by atoms with van der Waals surface area (Å²) in [5.41, 5.74) is -0.706. The van der Waals surface area contributed by atoms with Crippen molar-refractivity contribution in [3.63, 3.8) is 0 Å². The molecule has 0 amide bonds. The van der Waals surface area contributed by atoms with E-state index < -0.39 is 11.4 Å². The smallest absolute Gasteiger partial charge is 0.309 e. The normalized spacial score (nSPS) is 11.1. The largest absolute Gasteiger partial charge is 0.490 e. The average molecular weight is 266 g/mol. The second-order valence-corrected chi connectivity index (χ2v) is 5.02. The van der Waals surface area contributed by atoms with Crippen LogP contribution >= 0.6 is 0 Å². The third-order valence-electron chi connectivity index (χ3n) is 2.93. The van der Waals surface area contributed by atoms with Crippen molar-refractivity contribution < 1.29 is 19.4 Å². The summed E-state index contributed by atoms with van der Waals surface area (Å²) in [6, 6.07) is 7.50. The van der Waals surface area contributed by atoms with Crippen LogP contribution in [0.2, 0.25) is 0 Å². The van der Waals surface area contributed by atoms with Gasteiger partial charge < -0.3 is 14.6 Å². The van der Waals surface area contributed by atoms with Crippen molar-refractivity contribution in [3.8, 4) is 11.5 Å². The summed E-state index contributed by atoms with van der Waals surface area (Å²) in [5, 5.41) is 9.01. The molecule has 1 aromatic rings. The summed E-state index contributed by atoms with van der Waals surface area (Å²) in [6.45, 7) is 6.45. The van der Waals surface area contributed by atoms with Gasteiger partial charge >= 0.3 is 5.97 Å². The fraction of sp³-hybridized carbons (Fsp3) is 0.533. The van der Waals surface area contributed by atoms with Crippen LogP contribution in [0.1, 0.15) is 33.6 Å². The van der Waals surface area contributed by atoms with E-state index in [1.807, 2.05) is 31.2 Å². The maximum atomic E-state index is 11.0. The van der Waals surface area contributed by atoms with Crippen LogP contribution in [-0.4, -0.2) is 24.3 Å². The monoisotopic (exact) mass is 266 g/mol. The number of rotatable bonds is 8. The minimum absolute atomic E-state index is 0.487. The van der Waals surface area contributed by atoms with Gasteiger partial charge in [0.1, 0.15) is 0 Å². The lowest BCUT2D eigenvalue weighted by Gasteiger charge is -2.19. The summed E-state index contributed by atoms with van der Waals surface area (Å²) < 4.78 is 11.1. The lowest BCUT2D eigenvalue weighted by atomic mass is 9.88. The van der Waals surface area contributed by atoms with Crippen molar-refractivity contribution in [1.82, 2.24) is 0 Å². The Kier molecular flexibility index (Phi) is 5.67. The molecule has 0 bridgehead atoms. The van der Waals surface area contributed by atoms with E-state index in [-0.39, 0.29) is 0 Å². The molecule has 0 atom stereocenters. The van der Waals surface area contributed by atoms with Crippen LogP contribution in [0, 0.1) is 5.41 Å². The molecule has 0 spiro atoms. The van der Waals surface area contributed by atoms with Crippen molar-refractivity contribution in [2.45, 2.75) is 33.6 Å². The first-order valence-electron chi connectivity index (χ1n) is 6.55. The Morgan fingerprint density at radius 2 is 1.79 bits per heavy atom. The highest BCUT2D eigenvalue weighted by atomic mass is 16.5. The van der Waals surface area contributed by atoms with Gasteiger partial charge in [-0.3, -0.25) is 4.79 Å². The summed E-state index contributed by atoms with van der Waals surface area (Å²) in [5.74, 6) is 0.655. The molecule has 0 unspecified atom stereocenters. The van der Waals surface area contributed by atoms with Crippen molar-refractivity contribution >= 4 is 5.97 Å². The van der Waals surface area contributed by atoms with Crippen molar-refractivity contribution in [2.24, 2.45) is 5.41 Å². The minimum Gasteiger partial charge on any atom is -0.490 e. The Bertz CT molecular complexity index is 412. The molecule has 1 N–H and O–H groups in total. The van der Waals surface area contributed by atoms with Crippen LogP contribution in [0.15, 0.2) is 24.3 Å². The minimum atomic E-state index is -0.776. The molecule has 0 radical (unpaired) electrons. The van der Waals surface area contributed by atoms with E-state index in [0.717, 1.165) is 5.75 Å². The van der Waals surface area contributed by atoms with Crippen molar-refractivity contribution in [1.29, 1.82) is 0 Å². The zero-order valence-electron chi connectivity index (χ0n) is 11.8. The van der Waals surface area contributed by atoms with Gasteiger partial charge in [-0.25, -0.2) is 0 Å². The van der Waals surface area contributed by atoms with Gasteiger partial charge in [0.2, 0.25) is 0 Å². The number of carboxylic acid groups (broad SMARTS) is 1. The highest BCUT2D eigenvalue weighted by molar-refractivity contribution is 5.73. The zero-order valence-corrected chi connectivity index (χ0v) is 11.8. The molecule has 19 heavy (non-hydrogen) atoms. The second kappa shape index (κ2) is 7.02. The predicted molar refractivity (Wildman–Crippen MR) is 73.8 cm³/mol. The maximum absolute atomic E-state index is 11.0. The van der Waals surface area contributed by atoms with Crippen LogP contribution in [0.4, 0.5) is 0 Å². The molecule has 0 saturated carbocycles. The van der Waals surface area contributed by atoms with Crippen LogP contribution < -0.4 is 9.47 Å². The molecular weight excluding hydrogens is 244 g/mol. The highest BCUT2D eigenvalue weighted by Crippen LogP contribution is 2.27. The van der Waals surface area contributed by atoms with E-state index in [0.29, 0.717) is 31.8 Å². The van der Waals surface area contributed by atoms with E-state index in [2.05, 4.69) is 0 Å². The second-order valence-electron chi connectivity index (χ2n) is 5.02. The predicted octanol–water partition coefficient (Wildman–Crippen LogP) is 3.36. The van der Waals surface area contributed by atoms with Gasteiger partial charge in [-0.2, -0.15) is 0 Å². The quantitative estimate of drug-likeness (QED) is 0.733. The molecule has 0 aliphatic rings. The van der Waals surface area contributed by atoms with Crippen LogP contribution in [0.25, 0.3) is 0 Å². The first-order valence-corrected chi connectivity index (χ1v) is 6.55. The number of aliphatic carboxylic acids is 1. The molecule has 106 valence electrons. The number of carbonyl (C=O) groups is 1. The third kappa shape index (κ3) is 4.81. The first-order chi connectivity index (χ1) is 8.97. The van der Waals surface area contributed by atoms with E-state index in [4.69, 9.17) is 14.6 Å². The standard InChI is InChI=1S/C15H22O4/c1-4-18-12-8-5-6-9-13(12)19-11-7-10-15(2,3)14(16)17/h5-6,8-9H,4,7,10-11H2,1-3H3,(H,16,17). The first kappa shape index (κ1) is 15.3. The Morgan fingerprint density at radius 1 is 1.21 bits per heavy atom. The third-order valence-corrected chi connectivity index (χ3v) is 2.93. The van der Waals surface area contributed by atoms with E-state index in [9.17, 15) is 4.79 Å². The molecular formula is C15H22O4. The molecule has 1 aromatic carbocycles. The number of ether oxygens (including phenoxy) is 2. The molecule has 4 nitrogen and oxygen atoms in total. The lowest BCUT2D eigenvalue weighted by Crippen LogP contribution is -2.24. The number of para-hydroxylation sites is 2. The molecule has 0 fully saturated rings. The highest BCUT2D eigenvalue weighted by Gasteiger charge is 2.26. The summed E-state index contributed by atoms with van der Waals surface area (Å²) in [6.07, 6.45) is 1.28. The van der Waals surface area contributed by atoms with Crippen molar-refractivity contribution in [3.05, 3.63) is 24.3 Å². The number of hydrogen-bond acceptors (Lipinski definition) is 3. The summed E-state index contributed by atoms with van der Waals surface area (Å²) in [7, 11) is 0. The number of carboxylic acids is 1. The van der Waals surface area contributed by atoms with Gasteiger partial charge in [0.05, 0.1) is 18.6 Å². The Labute approximate surface area is 114 Å². The Morgan fingerprint density at radius 3 is 2.32 bits per heavy atom. The summed E-state index contributed by atoms with van der Waals surface area (Å²) >= 11 is 0. The molecule has 0 saturated heterocycles. The molecule has 0 aliphatic heterocycles. The number of benzene rings is 1. The van der Waals surface area contributed by atoms with Crippen molar-refractivity contribution in [2.75, 3.05) is 13.2 Å². The molecule has 0 aliphatic carbocycles. The maximum Gasteiger partial charge on any atom is 0.309 e. The zero-order chi connectivity index (χ0) is 14.3. The topological polar surface area (TPSA) is 55.8 Å². The van der Waals surface area contributed by atoms with Gasteiger partial charge in [0.15, 0.2) is 11.5 Å². The van der Waals surface area contributed by atoms with Gasteiger partial charge in [-0.15, -0.1) is 0 Å². The van der Waals surface area contributed by atoms with E-state index in [1.54, 1.807) is 13.8 Å². The number of hydrogen-bond donors (Lipinski definition) is 1. The van der Waals surface area contributed by atoms with E-state index in [1.165, 1.54) is 0 Å². The fourth-order valence-electron chi connectivity index (χ4n) is 1.65. The SMILES string of the molecule is CCOc1ccccc1OCCCC(C)(C)C(=O)O. The van der Waals surface area contributed by atoms with Gasteiger partial charge in [-0.05, 0) is 45.7 Å². The Hall–Kier alpha value is -1.71. The Balaban J connectivity index is 2.43. The lowest BCUT2D eigenvalue weighted by molar-refractivity contribution is -0.147. The molecule has 1 rings (SSSR count). The molecule has 4 heteroatoms. The van der Waals surface area contributed by atoms with Gasteiger partial charge in [0.25, 0.3) is 0 Å². The van der Waals surface area contributed by atoms with E-state index >= 15 is 0 Å². The fourth-order valence-corrected chi connectivity index (χ4v) is 1.65. The van der Waals surface area contributed by atoms with Crippen LogP contribution in [0.5, 0.6) is 11.5 Å². The summed E-state index contributed by atoms with van der Waals surface area (Å²) in [4.78, 5) is 11.0. The van der Waals surface area contributed by atoms with Crippen LogP contribution in [0.3, 0.4) is 0 Å². The molecule has 0 aromatic heterocycles.